The Bertz CT molecular complexity index is 1370. The topological polar surface area (TPSA) is 85.7 Å². The van der Waals surface area contributed by atoms with Crippen LogP contribution in [0, 0.1) is 0 Å². The summed E-state index contributed by atoms with van der Waals surface area (Å²) < 4.78 is 4.16. The zero-order chi connectivity index (χ0) is 26.5. The van der Waals surface area contributed by atoms with Crippen LogP contribution in [-0.4, -0.2) is 59.8 Å². The van der Waals surface area contributed by atoms with E-state index in [2.05, 4.69) is 32.3 Å². The highest BCUT2D eigenvalue weighted by Crippen LogP contribution is 2.24. The van der Waals surface area contributed by atoms with E-state index in [-0.39, 0.29) is 24.9 Å². The molecule has 0 aliphatic carbocycles. The van der Waals surface area contributed by atoms with Gasteiger partial charge in [0, 0.05) is 36.1 Å². The molecule has 190 valence electrons. The Hall–Kier alpha value is -4.66. The van der Waals surface area contributed by atoms with Crippen molar-refractivity contribution in [3.05, 3.63) is 98.1 Å². The largest absolute Gasteiger partial charge is 0.858 e. The summed E-state index contributed by atoms with van der Waals surface area (Å²) in [5, 5.41) is 25.5. The maximum Gasteiger partial charge on any atom is 0.336 e. The highest BCUT2D eigenvalue weighted by atomic mass is 16.3. The highest BCUT2D eigenvalue weighted by Gasteiger charge is 2.33. The number of nitrogens with one attached hydrogen (secondary N) is 2. The van der Waals surface area contributed by atoms with E-state index in [0.717, 1.165) is 32.5 Å². The van der Waals surface area contributed by atoms with Gasteiger partial charge in [0.25, 0.3) is 11.4 Å². The molecule has 3 aromatic carbocycles. The minimum Gasteiger partial charge on any atom is -0.858 e. The van der Waals surface area contributed by atoms with E-state index >= 15 is 0 Å². The molecule has 38 heavy (non-hydrogen) atoms. The summed E-state index contributed by atoms with van der Waals surface area (Å²) in [5.74, 6) is -0.466. The fourth-order valence-electron chi connectivity index (χ4n) is 4.80. The molecule has 0 bridgehead atoms. The Kier molecular flexibility index (Phi) is 7.35. The van der Waals surface area contributed by atoms with Gasteiger partial charge in [0.1, 0.15) is 13.1 Å². The Balaban J connectivity index is 1.25. The van der Waals surface area contributed by atoms with Crippen LogP contribution in [0.15, 0.2) is 108 Å². The van der Waals surface area contributed by atoms with Crippen LogP contribution in [0.2, 0.25) is 0 Å². The molecule has 0 amide bonds. The summed E-state index contributed by atoms with van der Waals surface area (Å²) in [6.07, 6.45) is 7.65. The zero-order valence-electron chi connectivity index (χ0n) is 21.1. The van der Waals surface area contributed by atoms with Crippen molar-refractivity contribution in [2.75, 3.05) is 26.2 Å². The molecule has 0 fully saturated rings. The average Bonchev–Trinajstić information content (AvgIpc) is 3.44. The molecule has 2 aliphatic rings. The number of aliphatic imine (C=N–C) groups is 2. The first-order chi connectivity index (χ1) is 18.6. The van der Waals surface area contributed by atoms with E-state index in [0.29, 0.717) is 24.5 Å². The van der Waals surface area contributed by atoms with Gasteiger partial charge >= 0.3 is 12.7 Å². The molecule has 8 nitrogen and oxygen atoms in total. The SMILES string of the molecule is C=CC[N+]1=C[NH+](CC([O-])=Nc2ccc(N=C([O-])C[NH+]3C=[N+](CC=C)c4ccccc43)cc2)c2ccccc21. The molecular formula is C30H30N6O2+2. The van der Waals surface area contributed by atoms with E-state index in [4.69, 9.17) is 0 Å². The van der Waals surface area contributed by atoms with Gasteiger partial charge in [-0.2, -0.15) is 0 Å². The molecule has 2 N–H and O–H groups in total. The van der Waals surface area contributed by atoms with Crippen molar-refractivity contribution in [2.45, 2.75) is 0 Å². The summed E-state index contributed by atoms with van der Waals surface area (Å²) >= 11 is 0. The summed E-state index contributed by atoms with van der Waals surface area (Å²) in [7, 11) is 0. The lowest BCUT2D eigenvalue weighted by Gasteiger charge is -2.13. The fraction of sp³-hybridized carbons (Fsp3) is 0.133. The lowest BCUT2D eigenvalue weighted by molar-refractivity contribution is -0.725. The van der Waals surface area contributed by atoms with E-state index in [9.17, 15) is 10.2 Å². The number of fused-ring (bicyclic) bond motifs is 2. The number of hydrogen-bond donors (Lipinski definition) is 2. The number of rotatable bonds is 10. The molecule has 2 heterocycles. The van der Waals surface area contributed by atoms with Crippen molar-refractivity contribution in [3.8, 4) is 0 Å². The fourth-order valence-corrected chi connectivity index (χ4v) is 4.80. The van der Waals surface area contributed by atoms with Gasteiger partial charge in [0.2, 0.25) is 11.4 Å². The zero-order valence-corrected chi connectivity index (χ0v) is 21.1. The average molecular weight is 507 g/mol. The molecule has 2 unspecified atom stereocenters. The van der Waals surface area contributed by atoms with E-state index in [1.807, 2.05) is 73.4 Å². The normalized spacial score (nSPS) is 18.4. The number of nitrogens with zero attached hydrogens (tertiary/aromatic N) is 4. The summed E-state index contributed by atoms with van der Waals surface area (Å²) in [6, 6.07) is 22.8. The molecule has 0 saturated heterocycles. The molecule has 8 heteroatoms. The lowest BCUT2D eigenvalue weighted by atomic mass is 10.2. The monoisotopic (exact) mass is 506 g/mol. The van der Waals surface area contributed by atoms with Gasteiger partial charge < -0.3 is 10.2 Å². The number of hydrogen-bond acceptors (Lipinski definition) is 4. The second kappa shape index (κ2) is 11.2. The first kappa shape index (κ1) is 25.0. The third kappa shape index (κ3) is 5.36. The van der Waals surface area contributed by atoms with Gasteiger partial charge in [-0.3, -0.25) is 9.98 Å². The minimum absolute atomic E-state index is 0.203. The molecule has 0 spiro atoms. The predicted molar refractivity (Wildman–Crippen MR) is 147 cm³/mol. The summed E-state index contributed by atoms with van der Waals surface area (Å²) in [5.41, 5.74) is 5.27. The number of quaternary nitrogens is 2. The molecule has 5 rings (SSSR count). The Morgan fingerprint density at radius 1 is 0.658 bits per heavy atom. The first-order valence-corrected chi connectivity index (χ1v) is 12.5. The van der Waals surface area contributed by atoms with Crippen molar-refractivity contribution < 1.29 is 29.2 Å². The number of benzene rings is 3. The van der Waals surface area contributed by atoms with Crippen molar-refractivity contribution >= 4 is 58.6 Å². The van der Waals surface area contributed by atoms with Crippen molar-refractivity contribution in [2.24, 2.45) is 9.98 Å². The van der Waals surface area contributed by atoms with Crippen LogP contribution in [0.4, 0.5) is 34.1 Å². The molecule has 0 saturated carbocycles. The summed E-state index contributed by atoms with van der Waals surface area (Å²) in [4.78, 5) is 10.4. The molecule has 3 aromatic rings. The lowest BCUT2D eigenvalue weighted by Crippen LogP contribution is -3.07. The van der Waals surface area contributed by atoms with Gasteiger partial charge in [-0.25, -0.2) is 9.80 Å². The van der Waals surface area contributed by atoms with Crippen molar-refractivity contribution in [1.82, 2.24) is 0 Å². The molecule has 0 aromatic heterocycles. The Labute approximate surface area is 222 Å². The van der Waals surface area contributed by atoms with Gasteiger partial charge in [-0.05, 0) is 36.4 Å². The van der Waals surface area contributed by atoms with Crippen LogP contribution >= 0.6 is 0 Å². The van der Waals surface area contributed by atoms with Crippen molar-refractivity contribution in [3.63, 3.8) is 0 Å². The van der Waals surface area contributed by atoms with Gasteiger partial charge in [0.05, 0.1) is 11.4 Å². The van der Waals surface area contributed by atoms with Gasteiger partial charge in [-0.15, -0.1) is 9.15 Å². The van der Waals surface area contributed by atoms with Gasteiger partial charge in [0.15, 0.2) is 13.1 Å². The van der Waals surface area contributed by atoms with Gasteiger partial charge in [-0.1, -0.05) is 37.4 Å². The minimum atomic E-state index is -0.233. The van der Waals surface area contributed by atoms with Crippen LogP contribution in [-0.2, 0) is 0 Å². The highest BCUT2D eigenvalue weighted by molar-refractivity contribution is 5.80. The van der Waals surface area contributed by atoms with E-state index in [1.54, 1.807) is 24.3 Å². The Morgan fingerprint density at radius 2 is 1.05 bits per heavy atom. The quantitative estimate of drug-likeness (QED) is 0.183. The molecule has 0 radical (unpaired) electrons. The van der Waals surface area contributed by atoms with Crippen LogP contribution in [0.25, 0.3) is 0 Å². The second-order valence-corrected chi connectivity index (χ2v) is 9.11. The maximum atomic E-state index is 12.7. The molecular weight excluding hydrogens is 476 g/mol. The first-order valence-electron chi connectivity index (χ1n) is 12.5. The third-order valence-corrected chi connectivity index (χ3v) is 6.43. The van der Waals surface area contributed by atoms with Crippen LogP contribution in [0.1, 0.15) is 0 Å². The predicted octanol–water partition coefficient (Wildman–Crippen LogP) is 0.644. The molecule has 2 atom stereocenters. The van der Waals surface area contributed by atoms with Crippen LogP contribution in [0.3, 0.4) is 0 Å². The Morgan fingerprint density at radius 3 is 1.45 bits per heavy atom. The van der Waals surface area contributed by atoms with Crippen LogP contribution in [0.5, 0.6) is 0 Å². The number of para-hydroxylation sites is 4. The second-order valence-electron chi connectivity index (χ2n) is 9.11. The smallest absolute Gasteiger partial charge is 0.336 e. The maximum absolute atomic E-state index is 12.7. The van der Waals surface area contributed by atoms with E-state index < -0.39 is 0 Å². The molecule has 2 aliphatic heterocycles. The standard InChI is InChI=1S/C30H28N6O2/c1-3-17-33-21-35(27-11-7-5-9-25(27)33)19-29(37)31-23-13-15-24(16-14-23)32-30(38)20-36-22-34(18-4-2)26-10-6-8-12-28(26)36/h3-16,21-22H,1-2,17-20H2/p+2. The van der Waals surface area contributed by atoms with Crippen LogP contribution < -0.4 is 20.0 Å². The van der Waals surface area contributed by atoms with E-state index in [1.165, 1.54) is 0 Å². The summed E-state index contributed by atoms with van der Waals surface area (Å²) in [6.45, 7) is 9.38. The van der Waals surface area contributed by atoms with Crippen molar-refractivity contribution in [1.29, 1.82) is 0 Å². The third-order valence-electron chi connectivity index (χ3n) is 6.43.